The Labute approximate surface area is 304 Å². The Bertz CT molecular complexity index is 736. The van der Waals surface area contributed by atoms with E-state index in [9.17, 15) is 0 Å². The maximum Gasteiger partial charge on any atom is 0.256 e. The van der Waals surface area contributed by atoms with E-state index in [1.807, 2.05) is 0 Å². The van der Waals surface area contributed by atoms with Gasteiger partial charge < -0.3 is 0 Å². The molecule has 0 aromatic carbocycles. The van der Waals surface area contributed by atoms with Gasteiger partial charge >= 0.3 is 0 Å². The van der Waals surface area contributed by atoms with Crippen LogP contribution in [0.4, 0.5) is 0 Å². The zero-order chi connectivity index (χ0) is 34.4. The predicted octanol–water partition coefficient (Wildman–Crippen LogP) is 15.8. The molecule has 1 aromatic heterocycles. The average Bonchev–Trinajstić information content (AvgIpc) is 3.48. The number of nitrogens with zero attached hydrogens (tertiary/aromatic N) is 2. The lowest BCUT2D eigenvalue weighted by molar-refractivity contribution is -0.704. The number of hydrogen-bond acceptors (Lipinski definition) is 0. The summed E-state index contributed by atoms with van der Waals surface area (Å²) >= 11 is 0. The highest BCUT2D eigenvalue weighted by Gasteiger charge is 2.16. The molecule has 2 heteroatoms. The molecule has 48 heavy (non-hydrogen) atoms. The van der Waals surface area contributed by atoms with E-state index in [1.54, 1.807) is 5.82 Å². The second-order valence-corrected chi connectivity index (χ2v) is 15.9. The molecule has 0 atom stereocenters. The molecule has 284 valence electrons. The molecule has 0 saturated heterocycles. The highest BCUT2D eigenvalue weighted by Crippen LogP contribution is 2.16. The van der Waals surface area contributed by atoms with Crippen molar-refractivity contribution in [2.45, 2.75) is 278 Å². The van der Waals surface area contributed by atoms with E-state index in [1.165, 1.54) is 257 Å². The largest absolute Gasteiger partial charge is 0.256 e. The highest BCUT2D eigenvalue weighted by atomic mass is 15.1. The molecule has 0 aliphatic rings. The number of aryl methyl sites for hydroxylation is 2. The Morgan fingerprint density at radius 2 is 0.646 bits per heavy atom. The van der Waals surface area contributed by atoms with Gasteiger partial charge in [-0.3, -0.25) is 0 Å². The van der Waals surface area contributed by atoms with Crippen LogP contribution in [0.2, 0.25) is 0 Å². The fourth-order valence-corrected chi connectivity index (χ4v) is 7.74. The standard InChI is InChI=1S/C46H91N2/c1-4-7-10-13-16-19-21-23-25-27-29-31-34-37-40-43-48-45-44-47(46(48)41-38-35-32-18-15-12-9-6-3)42-39-36-33-30-28-26-24-22-20-17-14-11-8-5-2/h44-45H,4-43H2,1-3H3/q+1. The third-order valence-corrected chi connectivity index (χ3v) is 11.1. The average molecular weight is 672 g/mol. The number of aromatic nitrogens is 2. The van der Waals surface area contributed by atoms with Crippen LogP contribution in [0.1, 0.15) is 264 Å². The van der Waals surface area contributed by atoms with Crippen molar-refractivity contribution in [3.63, 3.8) is 0 Å². The third-order valence-electron chi connectivity index (χ3n) is 11.1. The summed E-state index contributed by atoms with van der Waals surface area (Å²) in [7, 11) is 0. The predicted molar refractivity (Wildman–Crippen MR) is 216 cm³/mol. The van der Waals surface area contributed by atoms with Gasteiger partial charge in [0.25, 0.3) is 5.82 Å². The molecule has 0 amide bonds. The summed E-state index contributed by atoms with van der Waals surface area (Å²) in [6, 6.07) is 0. The molecule has 0 unspecified atom stereocenters. The molecule has 1 rings (SSSR count). The van der Waals surface area contributed by atoms with E-state index in [-0.39, 0.29) is 0 Å². The van der Waals surface area contributed by atoms with Crippen molar-refractivity contribution >= 4 is 0 Å². The van der Waals surface area contributed by atoms with E-state index >= 15 is 0 Å². The van der Waals surface area contributed by atoms with Gasteiger partial charge in [0.05, 0.1) is 13.1 Å². The van der Waals surface area contributed by atoms with Crippen LogP contribution < -0.4 is 4.57 Å². The quantitative estimate of drug-likeness (QED) is 0.0485. The van der Waals surface area contributed by atoms with Gasteiger partial charge in [-0.1, -0.05) is 226 Å². The first-order valence-electron chi connectivity index (χ1n) is 22.9. The van der Waals surface area contributed by atoms with Crippen LogP contribution in [0.15, 0.2) is 12.4 Å². The summed E-state index contributed by atoms with van der Waals surface area (Å²) in [5, 5.41) is 0. The van der Waals surface area contributed by atoms with E-state index < -0.39 is 0 Å². The van der Waals surface area contributed by atoms with Crippen molar-refractivity contribution in [2.75, 3.05) is 0 Å². The molecule has 0 bridgehead atoms. The molecule has 0 radical (unpaired) electrons. The number of unbranched alkanes of at least 4 members (excludes halogenated alkanes) is 34. The first-order chi connectivity index (χ1) is 23.8. The van der Waals surface area contributed by atoms with Gasteiger partial charge in [-0.25, -0.2) is 9.13 Å². The molecular formula is C46H91N2+. The van der Waals surface area contributed by atoms with Crippen LogP contribution in [0.5, 0.6) is 0 Å². The van der Waals surface area contributed by atoms with Gasteiger partial charge in [-0.2, -0.15) is 0 Å². The maximum atomic E-state index is 2.65. The fraction of sp³-hybridized carbons (Fsp3) is 0.935. The van der Waals surface area contributed by atoms with Crippen molar-refractivity contribution in [1.82, 2.24) is 4.57 Å². The van der Waals surface area contributed by atoms with Crippen molar-refractivity contribution in [1.29, 1.82) is 0 Å². The zero-order valence-corrected chi connectivity index (χ0v) is 33.8. The Hall–Kier alpha value is -0.790. The highest BCUT2D eigenvalue weighted by molar-refractivity contribution is 4.84. The van der Waals surface area contributed by atoms with Crippen LogP contribution in [-0.2, 0) is 19.5 Å². The van der Waals surface area contributed by atoms with Gasteiger partial charge in [0.2, 0.25) is 0 Å². The molecule has 2 nitrogen and oxygen atoms in total. The van der Waals surface area contributed by atoms with Gasteiger partial charge in [-0.05, 0) is 32.1 Å². The zero-order valence-electron chi connectivity index (χ0n) is 33.8. The van der Waals surface area contributed by atoms with Crippen molar-refractivity contribution in [3.8, 4) is 0 Å². The lowest BCUT2D eigenvalue weighted by Crippen LogP contribution is -2.37. The van der Waals surface area contributed by atoms with E-state index in [4.69, 9.17) is 0 Å². The number of imidazole rings is 1. The first kappa shape index (κ1) is 45.2. The van der Waals surface area contributed by atoms with Crippen molar-refractivity contribution in [2.24, 2.45) is 0 Å². The topological polar surface area (TPSA) is 8.81 Å². The minimum absolute atomic E-state index is 1.23. The monoisotopic (exact) mass is 672 g/mol. The Kier molecular flexibility index (Phi) is 35.3. The normalized spacial score (nSPS) is 11.6. The minimum atomic E-state index is 1.23. The van der Waals surface area contributed by atoms with Crippen LogP contribution in [-0.4, -0.2) is 4.57 Å². The van der Waals surface area contributed by atoms with Crippen LogP contribution in [0.3, 0.4) is 0 Å². The lowest BCUT2D eigenvalue weighted by atomic mass is 10.0. The number of rotatable bonds is 40. The third kappa shape index (κ3) is 29.0. The Morgan fingerprint density at radius 1 is 0.354 bits per heavy atom. The van der Waals surface area contributed by atoms with Gasteiger partial charge in [-0.15, -0.1) is 0 Å². The van der Waals surface area contributed by atoms with Gasteiger partial charge in [0.15, 0.2) is 0 Å². The summed E-state index contributed by atoms with van der Waals surface area (Å²) < 4.78 is 5.29. The molecule has 1 aromatic rings. The van der Waals surface area contributed by atoms with Crippen molar-refractivity contribution < 1.29 is 4.57 Å². The second-order valence-electron chi connectivity index (χ2n) is 15.9. The van der Waals surface area contributed by atoms with Gasteiger partial charge in [0, 0.05) is 6.42 Å². The minimum Gasteiger partial charge on any atom is -0.234 e. The summed E-state index contributed by atoms with van der Waals surface area (Å²) in [5.74, 6) is 1.63. The van der Waals surface area contributed by atoms with E-state index in [2.05, 4.69) is 42.3 Å². The van der Waals surface area contributed by atoms with Crippen LogP contribution in [0.25, 0.3) is 0 Å². The first-order valence-corrected chi connectivity index (χ1v) is 22.9. The molecule has 0 aliphatic carbocycles. The summed E-state index contributed by atoms with van der Waals surface area (Å²) in [4.78, 5) is 0. The van der Waals surface area contributed by atoms with Gasteiger partial charge in [0.1, 0.15) is 12.4 Å². The Morgan fingerprint density at radius 3 is 1.00 bits per heavy atom. The SMILES string of the molecule is CCCCCCCCCCCCCCCCC[n+]1ccn(CCCCCCCCCCCCCCCC)c1CCCCCCCCCC. The summed E-state index contributed by atoms with van der Waals surface area (Å²) in [5.41, 5.74) is 0. The molecule has 0 aliphatic heterocycles. The molecule has 0 fully saturated rings. The molecule has 1 heterocycles. The van der Waals surface area contributed by atoms with E-state index in [0.29, 0.717) is 0 Å². The maximum absolute atomic E-state index is 2.65. The summed E-state index contributed by atoms with van der Waals surface area (Å²) in [6.45, 7) is 9.41. The fourth-order valence-electron chi connectivity index (χ4n) is 7.74. The second kappa shape index (κ2) is 37.5. The lowest BCUT2D eigenvalue weighted by Gasteiger charge is -2.07. The molecule has 0 spiro atoms. The molecular weight excluding hydrogens is 581 g/mol. The molecule has 0 saturated carbocycles. The van der Waals surface area contributed by atoms with Crippen LogP contribution >= 0.6 is 0 Å². The van der Waals surface area contributed by atoms with Crippen molar-refractivity contribution in [3.05, 3.63) is 18.2 Å². The smallest absolute Gasteiger partial charge is 0.234 e. The van der Waals surface area contributed by atoms with E-state index in [0.717, 1.165) is 0 Å². The summed E-state index contributed by atoms with van der Waals surface area (Å²) in [6.07, 6.45) is 59.3. The molecule has 0 N–H and O–H groups in total. The number of hydrogen-bond donors (Lipinski definition) is 0. The van der Waals surface area contributed by atoms with Crippen LogP contribution in [0, 0.1) is 0 Å². The Balaban J connectivity index is 2.22.